The third-order valence-electron chi connectivity index (χ3n) is 3.60. The van der Waals surface area contributed by atoms with Gasteiger partial charge in [0.15, 0.2) is 0 Å². The second-order valence-electron chi connectivity index (χ2n) is 5.03. The molecule has 1 N–H and O–H groups in total. The lowest BCUT2D eigenvalue weighted by atomic mass is 9.86. The largest absolute Gasteiger partial charge is 0.453 e. The standard InChI is InChI=1S/C14H13N3O7/c1-16-12(19)8-4-3-7(17(22)23)5-9(8)10(13(16)20)6-11(18)15-14(21)24-2/h3-5,10H,6H2,1-2H3,(H,15,18,21). The molecule has 1 aromatic carbocycles. The van der Waals surface area contributed by atoms with Crippen LogP contribution in [0.5, 0.6) is 0 Å². The molecule has 24 heavy (non-hydrogen) atoms. The number of imide groups is 2. The highest BCUT2D eigenvalue weighted by atomic mass is 16.6. The quantitative estimate of drug-likeness (QED) is 0.484. The molecule has 1 atom stereocenters. The Balaban J connectivity index is 2.42. The van der Waals surface area contributed by atoms with E-state index in [9.17, 15) is 29.3 Å². The van der Waals surface area contributed by atoms with Gasteiger partial charge in [0.1, 0.15) is 0 Å². The molecule has 0 aromatic heterocycles. The smallest absolute Gasteiger partial charge is 0.413 e. The van der Waals surface area contributed by atoms with Gasteiger partial charge in [0.2, 0.25) is 11.8 Å². The van der Waals surface area contributed by atoms with Crippen molar-refractivity contribution in [2.24, 2.45) is 0 Å². The van der Waals surface area contributed by atoms with Gasteiger partial charge in [0.05, 0.1) is 18.0 Å². The lowest BCUT2D eigenvalue weighted by molar-refractivity contribution is -0.384. The van der Waals surface area contributed by atoms with Gasteiger partial charge in [-0.25, -0.2) is 4.79 Å². The first-order chi connectivity index (χ1) is 11.3. The van der Waals surface area contributed by atoms with Crippen molar-refractivity contribution in [1.82, 2.24) is 10.2 Å². The number of amides is 4. The summed E-state index contributed by atoms with van der Waals surface area (Å²) in [6.45, 7) is 0. The van der Waals surface area contributed by atoms with Crippen LogP contribution in [0.15, 0.2) is 18.2 Å². The minimum atomic E-state index is -1.12. The van der Waals surface area contributed by atoms with Crippen LogP contribution in [0.2, 0.25) is 0 Å². The van der Waals surface area contributed by atoms with E-state index in [1.807, 2.05) is 5.32 Å². The molecular formula is C14H13N3O7. The normalized spacial score (nSPS) is 16.4. The van der Waals surface area contributed by atoms with Gasteiger partial charge in [0.25, 0.3) is 11.6 Å². The molecule has 0 saturated heterocycles. The van der Waals surface area contributed by atoms with E-state index in [0.29, 0.717) is 0 Å². The maximum absolute atomic E-state index is 12.3. The average molecular weight is 335 g/mol. The number of non-ortho nitro benzene ring substituents is 1. The molecule has 1 aromatic rings. The number of fused-ring (bicyclic) bond motifs is 1. The molecule has 0 fully saturated rings. The first kappa shape index (κ1) is 17.1. The van der Waals surface area contributed by atoms with Crippen LogP contribution < -0.4 is 5.32 Å². The number of nitro groups is 1. The summed E-state index contributed by atoms with van der Waals surface area (Å²) in [6.07, 6.45) is -1.45. The van der Waals surface area contributed by atoms with Gasteiger partial charge in [-0.1, -0.05) is 0 Å². The fourth-order valence-corrected chi connectivity index (χ4v) is 2.39. The van der Waals surface area contributed by atoms with E-state index < -0.39 is 41.1 Å². The Labute approximate surface area is 135 Å². The van der Waals surface area contributed by atoms with Crippen molar-refractivity contribution in [2.45, 2.75) is 12.3 Å². The summed E-state index contributed by atoms with van der Waals surface area (Å²) in [5, 5.41) is 12.8. The number of carbonyl (C=O) groups excluding carboxylic acids is 4. The van der Waals surface area contributed by atoms with Crippen LogP contribution in [0.4, 0.5) is 10.5 Å². The monoisotopic (exact) mass is 335 g/mol. The predicted octanol–water partition coefficient (Wildman–Crippen LogP) is 0.563. The lowest BCUT2D eigenvalue weighted by Gasteiger charge is -2.29. The van der Waals surface area contributed by atoms with E-state index in [2.05, 4.69) is 4.74 Å². The van der Waals surface area contributed by atoms with Gasteiger partial charge in [-0.05, 0) is 11.6 Å². The molecule has 10 nitrogen and oxygen atoms in total. The van der Waals surface area contributed by atoms with E-state index in [4.69, 9.17) is 0 Å². The zero-order valence-electron chi connectivity index (χ0n) is 12.8. The molecule has 126 valence electrons. The molecular weight excluding hydrogens is 322 g/mol. The van der Waals surface area contributed by atoms with Gasteiger partial charge < -0.3 is 4.74 Å². The highest BCUT2D eigenvalue weighted by molar-refractivity contribution is 6.12. The number of hydrogen-bond acceptors (Lipinski definition) is 7. The fraction of sp³-hybridized carbons (Fsp3) is 0.286. The molecule has 0 saturated carbocycles. The number of ether oxygens (including phenoxy) is 1. The molecule has 10 heteroatoms. The van der Waals surface area contributed by atoms with Crippen molar-refractivity contribution in [3.63, 3.8) is 0 Å². The first-order valence-corrected chi connectivity index (χ1v) is 6.74. The van der Waals surface area contributed by atoms with Crippen molar-refractivity contribution in [3.05, 3.63) is 39.4 Å². The second-order valence-corrected chi connectivity index (χ2v) is 5.03. The summed E-state index contributed by atoms with van der Waals surface area (Å²) in [5.74, 6) is -3.23. The molecule has 0 bridgehead atoms. The average Bonchev–Trinajstić information content (AvgIpc) is 2.55. The van der Waals surface area contributed by atoms with Crippen molar-refractivity contribution in [3.8, 4) is 0 Å². The number of nitrogens with one attached hydrogen (secondary N) is 1. The Kier molecular flexibility index (Phi) is 4.58. The highest BCUT2D eigenvalue weighted by Gasteiger charge is 2.39. The van der Waals surface area contributed by atoms with Crippen LogP contribution in [0.25, 0.3) is 0 Å². The number of rotatable bonds is 3. The minimum absolute atomic E-state index is 0.0808. The van der Waals surface area contributed by atoms with E-state index in [0.717, 1.165) is 24.1 Å². The number of likely N-dealkylation sites (N-methyl/N-ethyl adjacent to an activating group) is 1. The molecule has 2 rings (SSSR count). The van der Waals surface area contributed by atoms with E-state index in [1.54, 1.807) is 0 Å². The molecule has 4 amide bonds. The van der Waals surface area contributed by atoms with E-state index >= 15 is 0 Å². The minimum Gasteiger partial charge on any atom is -0.453 e. The van der Waals surface area contributed by atoms with Gasteiger partial charge in [0, 0.05) is 31.2 Å². The van der Waals surface area contributed by atoms with Gasteiger partial charge in [-0.3, -0.25) is 34.7 Å². The summed E-state index contributed by atoms with van der Waals surface area (Å²) >= 11 is 0. The third kappa shape index (κ3) is 3.07. The van der Waals surface area contributed by atoms with Crippen molar-refractivity contribution in [1.29, 1.82) is 0 Å². The van der Waals surface area contributed by atoms with Crippen molar-refractivity contribution < 1.29 is 28.8 Å². The number of hydrogen-bond donors (Lipinski definition) is 1. The summed E-state index contributed by atoms with van der Waals surface area (Å²) in [7, 11) is 2.32. The molecule has 1 unspecified atom stereocenters. The zero-order valence-corrected chi connectivity index (χ0v) is 12.8. The number of methoxy groups -OCH3 is 1. The Morgan fingerprint density at radius 2 is 2.04 bits per heavy atom. The van der Waals surface area contributed by atoms with Crippen LogP contribution in [-0.2, 0) is 14.3 Å². The number of nitrogens with zero attached hydrogens (tertiary/aromatic N) is 2. The zero-order chi connectivity index (χ0) is 18.0. The number of benzene rings is 1. The summed E-state index contributed by atoms with van der Waals surface area (Å²) in [4.78, 5) is 58.4. The van der Waals surface area contributed by atoms with Gasteiger partial charge in [-0.15, -0.1) is 0 Å². The molecule has 1 heterocycles. The Morgan fingerprint density at radius 3 is 2.62 bits per heavy atom. The topological polar surface area (TPSA) is 136 Å². The molecule has 1 aliphatic rings. The number of carbonyl (C=O) groups is 4. The molecule has 1 aliphatic heterocycles. The maximum Gasteiger partial charge on any atom is 0.413 e. The predicted molar refractivity (Wildman–Crippen MR) is 78.1 cm³/mol. The second kappa shape index (κ2) is 6.44. The molecule has 0 radical (unpaired) electrons. The number of nitro benzene ring substituents is 1. The summed E-state index contributed by atoms with van der Waals surface area (Å²) < 4.78 is 4.29. The van der Waals surface area contributed by atoms with Gasteiger partial charge >= 0.3 is 6.09 Å². The third-order valence-corrected chi connectivity index (χ3v) is 3.60. The molecule has 0 spiro atoms. The Bertz CT molecular complexity index is 759. The molecule has 0 aliphatic carbocycles. The van der Waals surface area contributed by atoms with E-state index in [-0.39, 0.29) is 16.8 Å². The SMILES string of the molecule is COC(=O)NC(=O)CC1C(=O)N(C)C(=O)c2ccc([N+](=O)[O-])cc21. The van der Waals surface area contributed by atoms with Crippen LogP contribution in [0, 0.1) is 10.1 Å². The summed E-state index contributed by atoms with van der Waals surface area (Å²) in [6, 6.07) is 3.48. The van der Waals surface area contributed by atoms with Crippen LogP contribution in [0.3, 0.4) is 0 Å². The number of alkyl carbamates (subject to hydrolysis) is 1. The lowest BCUT2D eigenvalue weighted by Crippen LogP contribution is -2.44. The van der Waals surface area contributed by atoms with Crippen LogP contribution in [-0.4, -0.2) is 47.8 Å². The van der Waals surface area contributed by atoms with Crippen LogP contribution >= 0.6 is 0 Å². The first-order valence-electron chi connectivity index (χ1n) is 6.74. The Morgan fingerprint density at radius 1 is 1.38 bits per heavy atom. The van der Waals surface area contributed by atoms with E-state index in [1.165, 1.54) is 13.1 Å². The van der Waals surface area contributed by atoms with Crippen molar-refractivity contribution >= 4 is 29.5 Å². The Hall–Kier alpha value is -3.30. The summed E-state index contributed by atoms with van der Waals surface area (Å²) in [5.41, 5.74) is -0.131. The maximum atomic E-state index is 12.3. The highest BCUT2D eigenvalue weighted by Crippen LogP contribution is 2.33. The fourth-order valence-electron chi connectivity index (χ4n) is 2.39. The van der Waals surface area contributed by atoms with Crippen molar-refractivity contribution in [2.75, 3.05) is 14.2 Å². The van der Waals surface area contributed by atoms with Crippen LogP contribution in [0.1, 0.15) is 28.3 Å². The van der Waals surface area contributed by atoms with Gasteiger partial charge in [-0.2, -0.15) is 0 Å².